The number of carbonyl (C=O) groups excluding carboxylic acids is 2. The molecule has 2 heterocycles. The van der Waals surface area contributed by atoms with Crippen LogP contribution in [0.5, 0.6) is 0 Å². The van der Waals surface area contributed by atoms with Gasteiger partial charge in [0.15, 0.2) is 0 Å². The van der Waals surface area contributed by atoms with E-state index in [-0.39, 0.29) is 30.6 Å². The fourth-order valence-electron chi connectivity index (χ4n) is 4.12. The number of carbonyl (C=O) groups is 2. The molecule has 6 nitrogen and oxygen atoms in total. The lowest BCUT2D eigenvalue weighted by molar-refractivity contribution is -0.143. The van der Waals surface area contributed by atoms with Crippen molar-refractivity contribution in [3.63, 3.8) is 0 Å². The van der Waals surface area contributed by atoms with Crippen LogP contribution >= 0.6 is 15.9 Å². The fourth-order valence-corrected chi connectivity index (χ4v) is 4.49. The summed E-state index contributed by atoms with van der Waals surface area (Å²) in [5.41, 5.74) is 2.75. The molecule has 0 radical (unpaired) electrons. The molecule has 2 aromatic carbocycles. The monoisotopic (exact) mass is 444 g/mol. The van der Waals surface area contributed by atoms with E-state index in [9.17, 15) is 9.59 Å². The van der Waals surface area contributed by atoms with E-state index >= 15 is 0 Å². The van der Waals surface area contributed by atoms with E-state index in [2.05, 4.69) is 21.2 Å². The zero-order valence-electron chi connectivity index (χ0n) is 15.4. The third-order valence-electron chi connectivity index (χ3n) is 5.41. The molecule has 4 rings (SSSR count). The Bertz CT molecular complexity index is 889. The predicted octanol–water partition coefficient (Wildman–Crippen LogP) is 4.12. The topological polar surface area (TPSA) is 67.9 Å². The number of hydrogen-bond acceptors (Lipinski definition) is 5. The molecule has 2 aliphatic rings. The first-order valence-electron chi connectivity index (χ1n) is 9.19. The van der Waals surface area contributed by atoms with E-state index in [1.54, 1.807) is 4.90 Å². The molecule has 0 aromatic heterocycles. The number of ether oxygens (including phenoxy) is 2. The van der Waals surface area contributed by atoms with Crippen molar-refractivity contribution in [3.05, 3.63) is 64.1 Å². The van der Waals surface area contributed by atoms with Crippen molar-refractivity contribution in [2.75, 3.05) is 19.0 Å². The highest BCUT2D eigenvalue weighted by Gasteiger charge is 2.49. The van der Waals surface area contributed by atoms with Gasteiger partial charge in [-0.25, -0.2) is 9.59 Å². The first-order chi connectivity index (χ1) is 13.6. The Hall–Kier alpha value is -2.54. The van der Waals surface area contributed by atoms with Crippen molar-refractivity contribution in [2.24, 2.45) is 5.92 Å². The van der Waals surface area contributed by atoms with Crippen LogP contribution in [0, 0.1) is 5.92 Å². The number of amides is 1. The molecule has 0 unspecified atom stereocenters. The van der Waals surface area contributed by atoms with Gasteiger partial charge in [0.25, 0.3) is 0 Å². The van der Waals surface area contributed by atoms with Gasteiger partial charge in [-0.3, -0.25) is 0 Å². The molecule has 0 bridgehead atoms. The van der Waals surface area contributed by atoms with Gasteiger partial charge < -0.3 is 19.7 Å². The van der Waals surface area contributed by atoms with Gasteiger partial charge in [-0.1, -0.05) is 46.3 Å². The number of fused-ring (bicyclic) bond motifs is 3. The lowest BCUT2D eigenvalue weighted by atomic mass is 9.83. The van der Waals surface area contributed by atoms with Gasteiger partial charge in [-0.15, -0.1) is 0 Å². The zero-order chi connectivity index (χ0) is 19.7. The summed E-state index contributed by atoms with van der Waals surface area (Å²) in [7, 11) is 1.39. The van der Waals surface area contributed by atoms with E-state index in [1.807, 2.05) is 48.5 Å². The van der Waals surface area contributed by atoms with Crippen LogP contribution in [0.3, 0.4) is 0 Å². The van der Waals surface area contributed by atoms with Crippen LogP contribution in [-0.4, -0.2) is 36.7 Å². The molecule has 1 amide bonds. The van der Waals surface area contributed by atoms with E-state index < -0.39 is 6.04 Å². The SMILES string of the molecule is COC(=O)[C@H]1Nc2ccc(Br)cc2[C@H]2[C@@H]1CCN2C(=O)OCc1ccccc1. The molecular weight excluding hydrogens is 424 g/mol. The molecule has 2 aromatic rings. The standard InChI is InChI=1S/C21H21BrN2O4/c1-27-20(25)18-15-9-10-24(21(26)28-12-13-5-3-2-4-6-13)19(15)16-11-14(22)7-8-17(16)23-18/h2-8,11,15,18-19,23H,9-10,12H2,1H3/t15-,18+,19-/m1/s1. The number of rotatable bonds is 3. The average Bonchev–Trinajstić information content (AvgIpc) is 3.17. The molecule has 1 saturated heterocycles. The summed E-state index contributed by atoms with van der Waals surface area (Å²) in [5.74, 6) is -0.387. The number of nitrogens with one attached hydrogen (secondary N) is 1. The number of esters is 1. The van der Waals surface area contributed by atoms with Gasteiger partial charge in [0, 0.05) is 22.6 Å². The molecule has 2 aliphatic heterocycles. The van der Waals surface area contributed by atoms with Crippen molar-refractivity contribution in [1.29, 1.82) is 0 Å². The molecule has 0 saturated carbocycles. The Morgan fingerprint density at radius 1 is 1.21 bits per heavy atom. The number of likely N-dealkylation sites (tertiary alicyclic amines) is 1. The summed E-state index contributed by atoms with van der Waals surface area (Å²) in [4.78, 5) is 26.9. The van der Waals surface area contributed by atoms with Gasteiger partial charge in [-0.05, 0) is 35.7 Å². The van der Waals surface area contributed by atoms with Gasteiger partial charge in [-0.2, -0.15) is 0 Å². The predicted molar refractivity (Wildman–Crippen MR) is 108 cm³/mol. The van der Waals surface area contributed by atoms with Crippen molar-refractivity contribution < 1.29 is 19.1 Å². The van der Waals surface area contributed by atoms with E-state index in [0.29, 0.717) is 13.0 Å². The van der Waals surface area contributed by atoms with Gasteiger partial charge in [0.2, 0.25) is 0 Å². The molecule has 0 spiro atoms. The first kappa shape index (κ1) is 18.8. The molecule has 146 valence electrons. The fraction of sp³-hybridized carbons (Fsp3) is 0.333. The number of methoxy groups -OCH3 is 1. The normalized spacial score (nSPS) is 22.6. The molecule has 0 aliphatic carbocycles. The Kier molecular flexibility index (Phi) is 5.26. The van der Waals surface area contributed by atoms with E-state index in [4.69, 9.17) is 9.47 Å². The number of benzene rings is 2. The van der Waals surface area contributed by atoms with Crippen LogP contribution in [0.1, 0.15) is 23.6 Å². The second-order valence-electron chi connectivity index (χ2n) is 7.01. The zero-order valence-corrected chi connectivity index (χ0v) is 17.0. The lowest BCUT2D eigenvalue weighted by Crippen LogP contribution is -2.45. The Labute approximate surface area is 171 Å². The summed E-state index contributed by atoms with van der Waals surface area (Å²) >= 11 is 3.51. The van der Waals surface area contributed by atoms with Crippen molar-refractivity contribution in [3.8, 4) is 0 Å². The number of anilines is 1. The Morgan fingerprint density at radius 3 is 2.75 bits per heavy atom. The molecule has 1 N–H and O–H groups in total. The Morgan fingerprint density at radius 2 is 2.00 bits per heavy atom. The van der Waals surface area contributed by atoms with Crippen LogP contribution < -0.4 is 5.32 Å². The largest absolute Gasteiger partial charge is 0.467 e. The minimum absolute atomic E-state index is 0.0708. The number of nitrogens with zero attached hydrogens (tertiary/aromatic N) is 1. The summed E-state index contributed by atoms with van der Waals surface area (Å²) in [6, 6.07) is 14.7. The highest BCUT2D eigenvalue weighted by Crippen LogP contribution is 2.47. The second-order valence-corrected chi connectivity index (χ2v) is 7.92. The van der Waals surface area contributed by atoms with Crippen LogP contribution in [-0.2, 0) is 20.9 Å². The van der Waals surface area contributed by atoms with Gasteiger partial charge in [0.1, 0.15) is 12.6 Å². The average molecular weight is 445 g/mol. The smallest absolute Gasteiger partial charge is 0.410 e. The first-order valence-corrected chi connectivity index (χ1v) is 9.99. The summed E-state index contributed by atoms with van der Waals surface area (Å²) in [6.45, 7) is 0.752. The second kappa shape index (κ2) is 7.83. The van der Waals surface area contributed by atoms with Crippen LogP contribution in [0.4, 0.5) is 10.5 Å². The van der Waals surface area contributed by atoms with Crippen molar-refractivity contribution in [1.82, 2.24) is 4.90 Å². The number of hydrogen-bond donors (Lipinski definition) is 1. The third kappa shape index (κ3) is 3.46. The van der Waals surface area contributed by atoms with Crippen molar-refractivity contribution in [2.45, 2.75) is 25.1 Å². The molecular formula is C21H21BrN2O4. The minimum atomic E-state index is -0.490. The third-order valence-corrected chi connectivity index (χ3v) is 5.90. The van der Waals surface area contributed by atoms with Crippen molar-refractivity contribution >= 4 is 33.7 Å². The maximum atomic E-state index is 12.9. The maximum Gasteiger partial charge on any atom is 0.410 e. The minimum Gasteiger partial charge on any atom is -0.467 e. The van der Waals surface area contributed by atoms with Crippen LogP contribution in [0.15, 0.2) is 53.0 Å². The Balaban J connectivity index is 1.60. The van der Waals surface area contributed by atoms with Gasteiger partial charge in [0.05, 0.1) is 13.2 Å². The quantitative estimate of drug-likeness (QED) is 0.721. The highest BCUT2D eigenvalue weighted by atomic mass is 79.9. The molecule has 7 heteroatoms. The molecule has 1 fully saturated rings. The van der Waals surface area contributed by atoms with Crippen LogP contribution in [0.2, 0.25) is 0 Å². The molecule has 28 heavy (non-hydrogen) atoms. The van der Waals surface area contributed by atoms with Gasteiger partial charge >= 0.3 is 12.1 Å². The highest BCUT2D eigenvalue weighted by molar-refractivity contribution is 9.10. The van der Waals surface area contributed by atoms with E-state index in [1.165, 1.54) is 7.11 Å². The summed E-state index contributed by atoms with van der Waals surface area (Å²) < 4.78 is 11.5. The van der Waals surface area contributed by atoms with E-state index in [0.717, 1.165) is 21.3 Å². The maximum absolute atomic E-state index is 12.9. The van der Waals surface area contributed by atoms with Crippen LogP contribution in [0.25, 0.3) is 0 Å². The number of halogens is 1. The lowest BCUT2D eigenvalue weighted by Gasteiger charge is -2.38. The summed E-state index contributed by atoms with van der Waals surface area (Å²) in [6.07, 6.45) is 0.330. The molecule has 3 atom stereocenters. The summed E-state index contributed by atoms with van der Waals surface area (Å²) in [5, 5.41) is 3.29.